The van der Waals surface area contributed by atoms with E-state index in [0.29, 0.717) is 0 Å². The maximum Gasteiger partial charge on any atom is 0.278 e. The summed E-state index contributed by atoms with van der Waals surface area (Å²) in [6.45, 7) is 1.93. The standard InChI is InChI=1S/C7H8ClNO2S/c1-2-6-3-4-9-7(5-6)12(8,10)11/h3-5H,2H2,1H3. The van der Waals surface area contributed by atoms with E-state index in [1.165, 1.54) is 12.3 Å². The zero-order valence-corrected chi connectivity index (χ0v) is 8.06. The third-order valence-corrected chi connectivity index (χ3v) is 2.65. The van der Waals surface area contributed by atoms with Crippen molar-refractivity contribution in [2.75, 3.05) is 0 Å². The number of hydrogen-bond donors (Lipinski definition) is 0. The summed E-state index contributed by atoms with van der Waals surface area (Å²) in [6.07, 6.45) is 2.20. The SMILES string of the molecule is CCc1ccnc(S(=O)(=O)Cl)c1. The molecule has 0 N–H and O–H groups in total. The van der Waals surface area contributed by atoms with Gasteiger partial charge in [0.25, 0.3) is 9.05 Å². The molecule has 0 saturated heterocycles. The van der Waals surface area contributed by atoms with E-state index >= 15 is 0 Å². The average molecular weight is 206 g/mol. The zero-order chi connectivity index (χ0) is 9.19. The number of rotatable bonds is 2. The first-order chi connectivity index (χ1) is 5.54. The van der Waals surface area contributed by atoms with Gasteiger partial charge >= 0.3 is 0 Å². The molecule has 0 amide bonds. The molecule has 0 saturated carbocycles. The van der Waals surface area contributed by atoms with Crippen molar-refractivity contribution in [3.05, 3.63) is 23.9 Å². The van der Waals surface area contributed by atoms with Gasteiger partial charge in [-0.05, 0) is 24.1 Å². The third kappa shape index (κ3) is 2.19. The van der Waals surface area contributed by atoms with Crippen LogP contribution in [0.2, 0.25) is 0 Å². The minimum absolute atomic E-state index is 0.0801. The van der Waals surface area contributed by atoms with E-state index < -0.39 is 9.05 Å². The molecule has 5 heteroatoms. The Morgan fingerprint density at radius 2 is 2.25 bits per heavy atom. The second-order valence-electron chi connectivity index (χ2n) is 2.29. The van der Waals surface area contributed by atoms with Gasteiger partial charge in [-0.15, -0.1) is 0 Å². The van der Waals surface area contributed by atoms with Gasteiger partial charge in [0, 0.05) is 16.9 Å². The van der Waals surface area contributed by atoms with Gasteiger partial charge in [0.15, 0.2) is 5.03 Å². The first-order valence-electron chi connectivity index (χ1n) is 3.43. The zero-order valence-electron chi connectivity index (χ0n) is 6.49. The summed E-state index contributed by atoms with van der Waals surface area (Å²) >= 11 is 0. The largest absolute Gasteiger partial charge is 0.278 e. The number of aromatic nitrogens is 1. The summed E-state index contributed by atoms with van der Waals surface area (Å²) in [5, 5.41) is -0.0801. The number of nitrogens with zero attached hydrogens (tertiary/aromatic N) is 1. The molecule has 0 unspecified atom stereocenters. The summed E-state index contributed by atoms with van der Waals surface area (Å²) in [4.78, 5) is 3.64. The lowest BCUT2D eigenvalue weighted by Crippen LogP contribution is -1.95. The lowest BCUT2D eigenvalue weighted by atomic mass is 10.2. The Hall–Kier alpha value is -0.610. The fraction of sp³-hybridized carbons (Fsp3) is 0.286. The topological polar surface area (TPSA) is 47.0 Å². The summed E-state index contributed by atoms with van der Waals surface area (Å²) in [5.41, 5.74) is 0.907. The quantitative estimate of drug-likeness (QED) is 0.689. The van der Waals surface area contributed by atoms with Crippen LogP contribution in [-0.4, -0.2) is 13.4 Å². The predicted molar refractivity (Wildman–Crippen MR) is 46.7 cm³/mol. The minimum atomic E-state index is -3.67. The molecule has 3 nitrogen and oxygen atoms in total. The summed E-state index contributed by atoms with van der Waals surface area (Å²) < 4.78 is 21.6. The summed E-state index contributed by atoms with van der Waals surface area (Å²) in [6, 6.07) is 3.23. The molecular formula is C7H8ClNO2S. The molecule has 66 valence electrons. The number of hydrogen-bond acceptors (Lipinski definition) is 3. The molecule has 0 bridgehead atoms. The molecule has 0 spiro atoms. The Bertz CT molecular complexity index is 375. The Morgan fingerprint density at radius 3 is 2.75 bits per heavy atom. The van der Waals surface area contributed by atoms with E-state index in [1.54, 1.807) is 6.07 Å². The molecule has 1 rings (SSSR count). The first kappa shape index (κ1) is 9.48. The van der Waals surface area contributed by atoms with Gasteiger partial charge in [-0.2, -0.15) is 0 Å². The van der Waals surface area contributed by atoms with Crippen LogP contribution in [0.5, 0.6) is 0 Å². The van der Waals surface area contributed by atoms with Gasteiger partial charge in [-0.3, -0.25) is 0 Å². The number of pyridine rings is 1. The van der Waals surface area contributed by atoms with Crippen molar-refractivity contribution in [1.29, 1.82) is 0 Å². The fourth-order valence-corrected chi connectivity index (χ4v) is 1.54. The Labute approximate surface area is 75.8 Å². The van der Waals surface area contributed by atoms with E-state index in [9.17, 15) is 8.42 Å². The molecule has 0 aliphatic carbocycles. The number of halogens is 1. The van der Waals surface area contributed by atoms with Crippen LogP contribution in [0.15, 0.2) is 23.4 Å². The molecule has 1 heterocycles. The van der Waals surface area contributed by atoms with Crippen LogP contribution in [0.4, 0.5) is 0 Å². The van der Waals surface area contributed by atoms with E-state index in [-0.39, 0.29) is 5.03 Å². The predicted octanol–water partition coefficient (Wildman–Crippen LogP) is 1.57. The van der Waals surface area contributed by atoms with E-state index in [2.05, 4.69) is 4.98 Å². The highest BCUT2D eigenvalue weighted by Gasteiger charge is 2.10. The highest BCUT2D eigenvalue weighted by molar-refractivity contribution is 8.13. The molecule has 1 aromatic rings. The van der Waals surface area contributed by atoms with E-state index in [4.69, 9.17) is 10.7 Å². The molecule has 0 fully saturated rings. The minimum Gasteiger partial charge on any atom is -0.244 e. The van der Waals surface area contributed by atoms with Crippen molar-refractivity contribution in [3.63, 3.8) is 0 Å². The van der Waals surface area contributed by atoms with Gasteiger partial charge < -0.3 is 0 Å². The molecule has 0 radical (unpaired) electrons. The molecule has 0 aliphatic heterocycles. The van der Waals surface area contributed by atoms with Gasteiger partial charge in [0.2, 0.25) is 0 Å². The van der Waals surface area contributed by atoms with Crippen LogP contribution in [0.25, 0.3) is 0 Å². The normalized spacial score (nSPS) is 11.5. The van der Waals surface area contributed by atoms with E-state index in [1.807, 2.05) is 6.92 Å². The van der Waals surface area contributed by atoms with Crippen molar-refractivity contribution >= 4 is 19.7 Å². The Balaban J connectivity index is 3.20. The lowest BCUT2D eigenvalue weighted by Gasteiger charge is -1.97. The smallest absolute Gasteiger partial charge is 0.244 e. The van der Waals surface area contributed by atoms with Crippen molar-refractivity contribution in [2.45, 2.75) is 18.4 Å². The maximum atomic E-state index is 10.8. The van der Waals surface area contributed by atoms with Crippen LogP contribution in [0, 0.1) is 0 Å². The second kappa shape index (κ2) is 3.41. The van der Waals surface area contributed by atoms with Crippen molar-refractivity contribution < 1.29 is 8.42 Å². The van der Waals surface area contributed by atoms with Gasteiger partial charge in [0.05, 0.1) is 0 Å². The van der Waals surface area contributed by atoms with Crippen LogP contribution < -0.4 is 0 Å². The van der Waals surface area contributed by atoms with Crippen LogP contribution in [0.1, 0.15) is 12.5 Å². The van der Waals surface area contributed by atoms with Crippen LogP contribution in [-0.2, 0) is 15.5 Å². The van der Waals surface area contributed by atoms with E-state index in [0.717, 1.165) is 12.0 Å². The molecule has 0 atom stereocenters. The highest BCUT2D eigenvalue weighted by atomic mass is 35.7. The Morgan fingerprint density at radius 1 is 1.58 bits per heavy atom. The van der Waals surface area contributed by atoms with Crippen LogP contribution >= 0.6 is 10.7 Å². The van der Waals surface area contributed by atoms with Crippen molar-refractivity contribution in [2.24, 2.45) is 0 Å². The molecule has 1 aromatic heterocycles. The van der Waals surface area contributed by atoms with Crippen molar-refractivity contribution in [1.82, 2.24) is 4.98 Å². The second-order valence-corrected chi connectivity index (χ2v) is 4.81. The van der Waals surface area contributed by atoms with Crippen LogP contribution in [0.3, 0.4) is 0 Å². The monoisotopic (exact) mass is 205 g/mol. The van der Waals surface area contributed by atoms with Gasteiger partial charge in [0.1, 0.15) is 0 Å². The molecule has 0 aromatic carbocycles. The summed E-state index contributed by atoms with van der Waals surface area (Å²) in [5.74, 6) is 0. The van der Waals surface area contributed by atoms with Gasteiger partial charge in [-0.25, -0.2) is 13.4 Å². The van der Waals surface area contributed by atoms with Crippen molar-refractivity contribution in [3.8, 4) is 0 Å². The average Bonchev–Trinajstić information content (AvgIpc) is 2.03. The third-order valence-electron chi connectivity index (χ3n) is 1.46. The summed E-state index contributed by atoms with van der Waals surface area (Å²) in [7, 11) is 1.42. The highest BCUT2D eigenvalue weighted by Crippen LogP contribution is 2.12. The first-order valence-corrected chi connectivity index (χ1v) is 5.74. The van der Waals surface area contributed by atoms with Gasteiger partial charge in [-0.1, -0.05) is 6.92 Å². The number of aryl methyl sites for hydroxylation is 1. The molecular weight excluding hydrogens is 198 g/mol. The Kier molecular flexibility index (Phi) is 2.69. The maximum absolute atomic E-state index is 10.8. The fourth-order valence-electron chi connectivity index (χ4n) is 0.804. The lowest BCUT2D eigenvalue weighted by molar-refractivity contribution is 0.606. The molecule has 12 heavy (non-hydrogen) atoms. The molecule has 0 aliphatic rings.